The van der Waals surface area contributed by atoms with Crippen LogP contribution in [-0.4, -0.2) is 0 Å². The average Bonchev–Trinajstić information content (AvgIpc) is 3.57. The monoisotopic (exact) mass is 652 g/mol. The summed E-state index contributed by atoms with van der Waals surface area (Å²) in [5.41, 5.74) is 10.7. The number of unbranched alkanes of at least 4 members (excludes halogenated alkanes) is 1. The summed E-state index contributed by atoms with van der Waals surface area (Å²) >= 11 is 0. The molecule has 1 nitrogen and oxygen atoms in total. The van der Waals surface area contributed by atoms with Crippen LogP contribution in [0.15, 0.2) is 168 Å². The summed E-state index contributed by atoms with van der Waals surface area (Å²) in [6.07, 6.45) is 3.42. The van der Waals surface area contributed by atoms with Gasteiger partial charge in [-0.3, -0.25) is 0 Å². The second-order valence-corrected chi connectivity index (χ2v) is 13.8. The Bertz CT molecular complexity index is 2830. The number of hydrogen-bond acceptors (Lipinski definition) is 1. The maximum atomic E-state index is 6.87. The van der Waals surface area contributed by atoms with Gasteiger partial charge in [0.25, 0.3) is 0 Å². The number of benzene rings is 9. The molecule has 0 aliphatic carbocycles. The molecule has 0 saturated carbocycles. The first-order chi connectivity index (χ1) is 25.3. The fourth-order valence-corrected chi connectivity index (χ4v) is 8.64. The summed E-state index contributed by atoms with van der Waals surface area (Å²) < 4.78 is 6.87. The molecular weight excluding hydrogens is 617 g/mol. The molecule has 0 atom stereocenters. The molecule has 0 aliphatic rings. The van der Waals surface area contributed by atoms with Crippen molar-refractivity contribution < 1.29 is 4.42 Å². The molecular formula is C50H36O. The van der Waals surface area contributed by atoms with E-state index in [1.165, 1.54) is 89.3 Å². The Hall–Kier alpha value is -6.18. The van der Waals surface area contributed by atoms with Crippen LogP contribution in [0.2, 0.25) is 0 Å². The molecule has 9 aromatic carbocycles. The van der Waals surface area contributed by atoms with E-state index in [1.54, 1.807) is 0 Å². The minimum absolute atomic E-state index is 0.906. The maximum Gasteiger partial charge on any atom is 0.143 e. The van der Waals surface area contributed by atoms with Crippen molar-refractivity contribution >= 4 is 65.0 Å². The number of para-hydroxylation sites is 1. The lowest BCUT2D eigenvalue weighted by Gasteiger charge is -2.17. The highest BCUT2D eigenvalue weighted by Gasteiger charge is 2.21. The molecule has 0 bridgehead atoms. The molecule has 10 rings (SSSR count). The van der Waals surface area contributed by atoms with Gasteiger partial charge in [-0.15, -0.1) is 0 Å². The molecule has 1 heterocycles. The van der Waals surface area contributed by atoms with Crippen LogP contribution in [0, 0.1) is 0 Å². The van der Waals surface area contributed by atoms with Crippen molar-refractivity contribution in [3.8, 4) is 33.4 Å². The molecule has 0 saturated heterocycles. The fraction of sp³-hybridized carbons (Fsp3) is 0.0800. The van der Waals surface area contributed by atoms with Gasteiger partial charge in [-0.1, -0.05) is 165 Å². The normalized spacial score (nSPS) is 11.9. The Morgan fingerprint density at radius 3 is 1.45 bits per heavy atom. The van der Waals surface area contributed by atoms with Crippen LogP contribution in [0.5, 0.6) is 0 Å². The van der Waals surface area contributed by atoms with E-state index >= 15 is 0 Å². The molecule has 0 aliphatic heterocycles. The number of furan rings is 1. The van der Waals surface area contributed by atoms with E-state index in [1.807, 2.05) is 0 Å². The van der Waals surface area contributed by atoms with E-state index in [9.17, 15) is 0 Å². The molecule has 1 aromatic heterocycles. The highest BCUT2D eigenvalue weighted by Crippen LogP contribution is 2.47. The zero-order chi connectivity index (χ0) is 33.9. The molecule has 1 heteroatoms. The van der Waals surface area contributed by atoms with Crippen LogP contribution in [0.1, 0.15) is 25.3 Å². The zero-order valence-corrected chi connectivity index (χ0v) is 28.6. The molecule has 0 fully saturated rings. The van der Waals surface area contributed by atoms with Crippen LogP contribution in [0.3, 0.4) is 0 Å². The standard InChI is InChI=1S/C50H36O/c1-2-3-18-34-35-19-7-9-21-37(35)49(38-22-10-8-20-36(34)38)44-28-15-27-43-45-31-33(29-30-46(45)51-50(43)44)48-41-25-13-11-23-39(41)47(32-16-5-4-6-17-32)40-24-12-14-26-42(40)48/h4-17,19-31H,2-3,18H2,1H3. The first-order valence-electron chi connectivity index (χ1n) is 18.2. The molecule has 0 unspecified atom stereocenters. The van der Waals surface area contributed by atoms with Gasteiger partial charge < -0.3 is 4.42 Å². The Morgan fingerprint density at radius 1 is 0.392 bits per heavy atom. The lowest BCUT2D eigenvalue weighted by atomic mass is 9.85. The lowest BCUT2D eigenvalue weighted by Crippen LogP contribution is -1.94. The average molecular weight is 653 g/mol. The minimum atomic E-state index is 0.906. The SMILES string of the molecule is CCCCc1c2ccccc2c(-c2cccc3c2oc2ccc(-c4c5ccccc5c(-c5ccccc5)c5ccccc45)cc23)c2ccccc12. The topological polar surface area (TPSA) is 13.1 Å². The number of hydrogen-bond donors (Lipinski definition) is 0. The lowest BCUT2D eigenvalue weighted by molar-refractivity contribution is 0.670. The highest BCUT2D eigenvalue weighted by molar-refractivity contribution is 6.23. The van der Waals surface area contributed by atoms with Gasteiger partial charge in [0.15, 0.2) is 0 Å². The molecule has 0 amide bonds. The number of aryl methyl sites for hydroxylation is 1. The molecule has 242 valence electrons. The predicted molar refractivity (Wildman–Crippen MR) is 219 cm³/mol. The Balaban J connectivity index is 1.24. The molecule has 51 heavy (non-hydrogen) atoms. The second-order valence-electron chi connectivity index (χ2n) is 13.8. The molecule has 0 N–H and O–H groups in total. The summed E-state index contributed by atoms with van der Waals surface area (Å²) in [5, 5.41) is 12.6. The van der Waals surface area contributed by atoms with Crippen molar-refractivity contribution in [1.29, 1.82) is 0 Å². The van der Waals surface area contributed by atoms with Gasteiger partial charge in [0.2, 0.25) is 0 Å². The Labute approximate surface area is 297 Å². The van der Waals surface area contributed by atoms with Gasteiger partial charge in [-0.2, -0.15) is 0 Å². The van der Waals surface area contributed by atoms with Crippen LogP contribution in [0.4, 0.5) is 0 Å². The van der Waals surface area contributed by atoms with Gasteiger partial charge in [0.1, 0.15) is 11.2 Å². The zero-order valence-electron chi connectivity index (χ0n) is 28.6. The van der Waals surface area contributed by atoms with Crippen LogP contribution in [0.25, 0.3) is 98.4 Å². The van der Waals surface area contributed by atoms with Crippen molar-refractivity contribution in [2.24, 2.45) is 0 Å². The first-order valence-corrected chi connectivity index (χ1v) is 18.2. The highest BCUT2D eigenvalue weighted by atomic mass is 16.3. The molecule has 0 radical (unpaired) electrons. The van der Waals surface area contributed by atoms with Crippen LogP contribution >= 0.6 is 0 Å². The fourth-order valence-electron chi connectivity index (χ4n) is 8.64. The largest absolute Gasteiger partial charge is 0.455 e. The Kier molecular flexibility index (Phi) is 6.99. The number of rotatable bonds is 6. The van der Waals surface area contributed by atoms with E-state index in [-0.39, 0.29) is 0 Å². The van der Waals surface area contributed by atoms with Crippen molar-refractivity contribution in [2.45, 2.75) is 26.2 Å². The Morgan fingerprint density at radius 2 is 0.882 bits per heavy atom. The van der Waals surface area contributed by atoms with Crippen molar-refractivity contribution in [3.63, 3.8) is 0 Å². The van der Waals surface area contributed by atoms with Gasteiger partial charge in [-0.05, 0) is 95.9 Å². The van der Waals surface area contributed by atoms with Gasteiger partial charge in [0.05, 0.1) is 0 Å². The minimum Gasteiger partial charge on any atom is -0.455 e. The van der Waals surface area contributed by atoms with E-state index < -0.39 is 0 Å². The van der Waals surface area contributed by atoms with Crippen molar-refractivity contribution in [1.82, 2.24) is 0 Å². The van der Waals surface area contributed by atoms with Gasteiger partial charge in [-0.25, -0.2) is 0 Å². The van der Waals surface area contributed by atoms with E-state index in [2.05, 4.69) is 171 Å². The quantitative estimate of drug-likeness (QED) is 0.163. The van der Waals surface area contributed by atoms with Crippen LogP contribution in [-0.2, 0) is 6.42 Å². The molecule has 0 spiro atoms. The van der Waals surface area contributed by atoms with E-state index in [0.717, 1.165) is 33.9 Å². The summed E-state index contributed by atoms with van der Waals surface area (Å²) in [5.74, 6) is 0. The smallest absolute Gasteiger partial charge is 0.143 e. The van der Waals surface area contributed by atoms with E-state index in [0.29, 0.717) is 0 Å². The van der Waals surface area contributed by atoms with Crippen molar-refractivity contribution in [2.75, 3.05) is 0 Å². The predicted octanol–water partition coefficient (Wildman–Crippen LogP) is 14.5. The molecule has 10 aromatic rings. The summed E-state index contributed by atoms with van der Waals surface area (Å²) in [6.45, 7) is 2.27. The third-order valence-corrected chi connectivity index (χ3v) is 10.9. The van der Waals surface area contributed by atoms with Gasteiger partial charge >= 0.3 is 0 Å². The summed E-state index contributed by atoms with van der Waals surface area (Å²) in [7, 11) is 0. The number of fused-ring (bicyclic) bond motifs is 7. The third-order valence-electron chi connectivity index (χ3n) is 10.9. The second kappa shape index (κ2) is 12.0. The van der Waals surface area contributed by atoms with Crippen molar-refractivity contribution in [3.05, 3.63) is 169 Å². The van der Waals surface area contributed by atoms with E-state index in [4.69, 9.17) is 4.42 Å². The summed E-state index contributed by atoms with van der Waals surface area (Å²) in [6, 6.07) is 59.9. The first kappa shape index (κ1) is 29.7. The van der Waals surface area contributed by atoms with Gasteiger partial charge in [0, 0.05) is 21.9 Å². The third kappa shape index (κ3) is 4.62. The maximum absolute atomic E-state index is 6.87. The van der Waals surface area contributed by atoms with Crippen LogP contribution < -0.4 is 0 Å². The summed E-state index contributed by atoms with van der Waals surface area (Å²) in [4.78, 5) is 0.